The summed E-state index contributed by atoms with van der Waals surface area (Å²) in [6.07, 6.45) is 2.38. The number of hydrogen-bond acceptors (Lipinski definition) is 6. The Labute approximate surface area is 112 Å². The van der Waals surface area contributed by atoms with Gasteiger partial charge in [-0.25, -0.2) is 13.2 Å². The first-order chi connectivity index (χ1) is 8.85. The van der Waals surface area contributed by atoms with Crippen molar-refractivity contribution >= 4 is 32.5 Å². The van der Waals surface area contributed by atoms with Crippen LogP contribution in [0.15, 0.2) is 17.3 Å². The predicted molar refractivity (Wildman–Crippen MR) is 68.0 cm³/mol. The summed E-state index contributed by atoms with van der Waals surface area (Å²) in [4.78, 5) is 11.1. The van der Waals surface area contributed by atoms with Crippen LogP contribution in [0.1, 0.15) is 16.1 Å². The highest BCUT2D eigenvalue weighted by molar-refractivity contribution is 7.93. The number of carbonyl (C=O) groups is 1. The summed E-state index contributed by atoms with van der Waals surface area (Å²) in [5, 5.41) is 15.1. The maximum atomic E-state index is 12.2. The third-order valence-corrected chi connectivity index (χ3v) is 5.33. The molecule has 0 aliphatic rings. The van der Waals surface area contributed by atoms with Crippen molar-refractivity contribution in [1.82, 2.24) is 14.6 Å². The molecule has 0 bridgehead atoms. The van der Waals surface area contributed by atoms with Gasteiger partial charge in [-0.15, -0.1) is 0 Å². The van der Waals surface area contributed by atoms with Gasteiger partial charge in [0, 0.05) is 13.2 Å². The van der Waals surface area contributed by atoms with E-state index >= 15 is 0 Å². The average molecular weight is 302 g/mol. The summed E-state index contributed by atoms with van der Waals surface area (Å²) in [5.41, 5.74) is 0.168. The molecule has 0 saturated carbocycles. The smallest absolute Gasteiger partial charge is 0.340 e. The molecular weight excluding hydrogens is 292 g/mol. The van der Waals surface area contributed by atoms with Crippen molar-refractivity contribution in [1.29, 1.82) is 0 Å². The number of aromatic carboxylic acids is 1. The lowest BCUT2D eigenvalue weighted by molar-refractivity contribution is 0.0697. The van der Waals surface area contributed by atoms with Crippen LogP contribution in [-0.2, 0) is 10.0 Å². The first-order valence-electron chi connectivity index (χ1n) is 5.03. The van der Waals surface area contributed by atoms with Crippen molar-refractivity contribution < 1.29 is 18.3 Å². The molecule has 102 valence electrons. The minimum Gasteiger partial charge on any atom is -0.478 e. The molecule has 2 rings (SSSR count). The number of aryl methyl sites for hydroxylation is 1. The van der Waals surface area contributed by atoms with E-state index in [9.17, 15) is 13.2 Å². The van der Waals surface area contributed by atoms with Gasteiger partial charge in [0.25, 0.3) is 10.0 Å². The molecule has 0 amide bonds. The Morgan fingerprint density at radius 2 is 2.21 bits per heavy atom. The summed E-state index contributed by atoms with van der Waals surface area (Å²) in [6.45, 7) is 1.52. The summed E-state index contributed by atoms with van der Waals surface area (Å²) in [6, 6.07) is 0. The zero-order valence-electron chi connectivity index (χ0n) is 9.98. The van der Waals surface area contributed by atoms with Crippen molar-refractivity contribution in [2.45, 2.75) is 11.8 Å². The largest absolute Gasteiger partial charge is 0.478 e. The minimum absolute atomic E-state index is 0.0441. The number of H-pyrrole nitrogens is 1. The van der Waals surface area contributed by atoms with E-state index in [4.69, 9.17) is 5.11 Å². The molecule has 0 atom stereocenters. The van der Waals surface area contributed by atoms with Gasteiger partial charge >= 0.3 is 5.97 Å². The second-order valence-corrected chi connectivity index (χ2v) is 6.38. The quantitative estimate of drug-likeness (QED) is 0.858. The van der Waals surface area contributed by atoms with Gasteiger partial charge in [0.2, 0.25) is 0 Å². The van der Waals surface area contributed by atoms with Crippen LogP contribution in [0.3, 0.4) is 0 Å². The molecule has 0 aliphatic carbocycles. The van der Waals surface area contributed by atoms with Crippen LogP contribution >= 0.6 is 11.5 Å². The highest BCUT2D eigenvalue weighted by atomic mass is 32.2. The number of carboxylic acids is 1. The lowest BCUT2D eigenvalue weighted by Crippen LogP contribution is -2.27. The Bertz CT molecular complexity index is 705. The molecule has 0 aromatic carbocycles. The summed E-state index contributed by atoms with van der Waals surface area (Å²) in [7, 11) is -2.57. The van der Waals surface area contributed by atoms with Crippen molar-refractivity contribution in [3.05, 3.63) is 23.7 Å². The fourth-order valence-electron chi connectivity index (χ4n) is 1.47. The Morgan fingerprint density at radius 3 is 2.74 bits per heavy atom. The molecule has 0 spiro atoms. The zero-order chi connectivity index (χ0) is 14.2. The fourth-order valence-corrected chi connectivity index (χ4v) is 3.63. The summed E-state index contributed by atoms with van der Waals surface area (Å²) in [5.74, 6) is -1.21. The van der Waals surface area contributed by atoms with E-state index in [1.54, 1.807) is 0 Å². The average Bonchev–Trinajstić information content (AvgIpc) is 2.96. The number of aromatic amines is 1. The monoisotopic (exact) mass is 302 g/mol. The highest BCUT2D eigenvalue weighted by Gasteiger charge is 2.29. The number of rotatable bonds is 4. The van der Waals surface area contributed by atoms with Crippen molar-refractivity contribution in [2.24, 2.45) is 0 Å². The van der Waals surface area contributed by atoms with E-state index in [0.717, 1.165) is 22.0 Å². The van der Waals surface area contributed by atoms with Crippen LogP contribution in [0.2, 0.25) is 0 Å². The molecule has 0 aliphatic heterocycles. The first kappa shape index (κ1) is 13.5. The molecule has 2 aromatic heterocycles. The maximum absolute atomic E-state index is 12.2. The van der Waals surface area contributed by atoms with Gasteiger partial charge in [-0.2, -0.15) is 9.47 Å². The van der Waals surface area contributed by atoms with Gasteiger partial charge in [0.05, 0.1) is 11.9 Å². The molecule has 2 aromatic rings. The van der Waals surface area contributed by atoms with E-state index in [1.165, 1.54) is 20.2 Å². The SMILES string of the molecule is Cc1nsc(N(C)S(=O)(=O)c2cn[nH]c2)c1C(=O)O. The lowest BCUT2D eigenvalue weighted by atomic mass is 10.2. The molecule has 0 radical (unpaired) electrons. The molecule has 19 heavy (non-hydrogen) atoms. The van der Waals surface area contributed by atoms with Crippen molar-refractivity contribution in [3.63, 3.8) is 0 Å². The number of nitrogens with one attached hydrogen (secondary N) is 1. The molecule has 8 nitrogen and oxygen atoms in total. The van der Waals surface area contributed by atoms with E-state index in [1.807, 2.05) is 0 Å². The molecule has 2 N–H and O–H groups in total. The zero-order valence-corrected chi connectivity index (χ0v) is 11.6. The molecule has 0 saturated heterocycles. The van der Waals surface area contributed by atoms with Crippen LogP contribution in [0.25, 0.3) is 0 Å². The highest BCUT2D eigenvalue weighted by Crippen LogP contribution is 2.31. The van der Waals surface area contributed by atoms with Gasteiger partial charge in [0.1, 0.15) is 15.5 Å². The summed E-state index contributed by atoms with van der Waals surface area (Å²) < 4.78 is 29.2. The molecular formula is C9H10N4O4S2. The number of nitrogens with zero attached hydrogens (tertiary/aromatic N) is 3. The number of carboxylic acid groups (broad SMARTS) is 1. The van der Waals surface area contributed by atoms with Gasteiger partial charge < -0.3 is 5.11 Å². The maximum Gasteiger partial charge on any atom is 0.340 e. The van der Waals surface area contributed by atoms with Crippen LogP contribution < -0.4 is 4.31 Å². The van der Waals surface area contributed by atoms with E-state index < -0.39 is 16.0 Å². The van der Waals surface area contributed by atoms with Crippen LogP contribution in [0.5, 0.6) is 0 Å². The number of anilines is 1. The van der Waals surface area contributed by atoms with Gasteiger partial charge in [0.15, 0.2) is 0 Å². The third kappa shape index (κ3) is 2.19. The Morgan fingerprint density at radius 1 is 1.53 bits per heavy atom. The third-order valence-electron chi connectivity index (χ3n) is 2.48. The van der Waals surface area contributed by atoms with Gasteiger partial charge in [-0.1, -0.05) is 0 Å². The standard InChI is InChI=1S/C9H10N4O4S2/c1-5-7(9(14)15)8(18-12-5)13(2)19(16,17)6-3-10-11-4-6/h3-4H,1-2H3,(H,10,11)(H,14,15). The van der Waals surface area contributed by atoms with Crippen molar-refractivity contribution in [3.8, 4) is 0 Å². The van der Waals surface area contributed by atoms with Crippen LogP contribution in [-0.4, -0.2) is 41.1 Å². The van der Waals surface area contributed by atoms with Gasteiger partial charge in [-0.05, 0) is 18.5 Å². The number of hydrogen-bond donors (Lipinski definition) is 2. The second-order valence-electron chi connectivity index (χ2n) is 3.66. The molecule has 10 heteroatoms. The van der Waals surface area contributed by atoms with E-state index in [2.05, 4.69) is 14.6 Å². The second kappa shape index (κ2) is 4.63. The van der Waals surface area contributed by atoms with Crippen LogP contribution in [0, 0.1) is 6.92 Å². The molecule has 2 heterocycles. The van der Waals surface area contributed by atoms with E-state index in [-0.39, 0.29) is 21.2 Å². The number of sulfonamides is 1. The normalized spacial score (nSPS) is 11.5. The van der Waals surface area contributed by atoms with Crippen LogP contribution in [0.4, 0.5) is 5.00 Å². The van der Waals surface area contributed by atoms with Crippen molar-refractivity contribution in [2.75, 3.05) is 11.4 Å². The fraction of sp³-hybridized carbons (Fsp3) is 0.222. The van der Waals surface area contributed by atoms with Gasteiger partial charge in [-0.3, -0.25) is 9.40 Å². The Hall–Kier alpha value is -1.94. The predicted octanol–water partition coefficient (Wildman–Crippen LogP) is 0.698. The first-order valence-corrected chi connectivity index (χ1v) is 7.24. The van der Waals surface area contributed by atoms with E-state index in [0.29, 0.717) is 0 Å². The molecule has 0 unspecified atom stereocenters. The Kier molecular flexibility index (Phi) is 3.28. The summed E-state index contributed by atoms with van der Waals surface area (Å²) >= 11 is 0.822. The lowest BCUT2D eigenvalue weighted by Gasteiger charge is -2.16. The molecule has 0 fully saturated rings. The Balaban J connectivity index is 2.52. The topological polar surface area (TPSA) is 116 Å². The minimum atomic E-state index is -3.84. The number of aromatic nitrogens is 3.